The van der Waals surface area contributed by atoms with E-state index in [4.69, 9.17) is 0 Å². The number of fused-ring (bicyclic) bond motifs is 1. The lowest BCUT2D eigenvalue weighted by atomic mass is 10.1. The van der Waals surface area contributed by atoms with Crippen molar-refractivity contribution in [3.63, 3.8) is 0 Å². The van der Waals surface area contributed by atoms with Gasteiger partial charge in [-0.25, -0.2) is 13.2 Å². The summed E-state index contributed by atoms with van der Waals surface area (Å²) in [6.45, 7) is 0.181. The fraction of sp³-hybridized carbons (Fsp3) is 0.111. The van der Waals surface area contributed by atoms with Crippen LogP contribution >= 0.6 is 0 Å². The molecule has 0 saturated carbocycles. The van der Waals surface area contributed by atoms with Crippen LogP contribution < -0.4 is 0 Å². The molecule has 0 saturated heterocycles. The van der Waals surface area contributed by atoms with E-state index < -0.39 is 28.9 Å². The first kappa shape index (κ1) is 16.0. The number of rotatable bonds is 3. The average Bonchev–Trinajstić information content (AvgIpc) is 2.59. The van der Waals surface area contributed by atoms with Gasteiger partial charge in [-0.2, -0.15) is 0 Å². The third kappa shape index (κ3) is 2.82. The third-order valence-corrected chi connectivity index (χ3v) is 3.76. The molecule has 0 unspecified atom stereocenters. The second kappa shape index (κ2) is 6.31. The number of carbonyl (C=O) groups is 1. The summed E-state index contributed by atoms with van der Waals surface area (Å²) in [5.74, 6) is -5.19. The largest absolute Gasteiger partial charge is 0.337 e. The van der Waals surface area contributed by atoms with Crippen molar-refractivity contribution in [2.75, 3.05) is 7.05 Å². The molecule has 0 fully saturated rings. The Balaban J connectivity index is 1.91. The molecule has 0 aliphatic carbocycles. The fourth-order valence-corrected chi connectivity index (χ4v) is 2.53. The third-order valence-electron chi connectivity index (χ3n) is 3.76. The van der Waals surface area contributed by atoms with Crippen molar-refractivity contribution in [2.24, 2.45) is 0 Å². The summed E-state index contributed by atoms with van der Waals surface area (Å²) in [7, 11) is 1.47. The Bertz CT molecular complexity index is 922. The molecule has 0 bridgehead atoms. The zero-order valence-corrected chi connectivity index (χ0v) is 12.8. The maximum absolute atomic E-state index is 13.8. The van der Waals surface area contributed by atoms with Gasteiger partial charge >= 0.3 is 0 Å². The lowest BCUT2D eigenvalue weighted by molar-refractivity contribution is 0.0779. The number of hydrogen-bond acceptors (Lipinski definition) is 2. The van der Waals surface area contributed by atoms with Crippen LogP contribution in [0.4, 0.5) is 13.2 Å². The van der Waals surface area contributed by atoms with Crippen molar-refractivity contribution < 1.29 is 18.0 Å². The fourth-order valence-electron chi connectivity index (χ4n) is 2.53. The Morgan fingerprint density at radius 2 is 1.83 bits per heavy atom. The molecule has 1 heterocycles. The average molecular weight is 330 g/mol. The van der Waals surface area contributed by atoms with Crippen molar-refractivity contribution in [2.45, 2.75) is 6.54 Å². The maximum atomic E-state index is 13.8. The van der Waals surface area contributed by atoms with Gasteiger partial charge in [0.25, 0.3) is 5.91 Å². The molecule has 3 nitrogen and oxygen atoms in total. The Morgan fingerprint density at radius 3 is 2.62 bits per heavy atom. The van der Waals surface area contributed by atoms with Gasteiger partial charge < -0.3 is 4.90 Å². The van der Waals surface area contributed by atoms with Gasteiger partial charge in [0, 0.05) is 25.2 Å². The number of amides is 1. The number of pyridine rings is 1. The number of nitrogens with zero attached hydrogens (tertiary/aromatic N) is 2. The quantitative estimate of drug-likeness (QED) is 0.682. The summed E-state index contributed by atoms with van der Waals surface area (Å²) in [6, 6.07) is 10.8. The highest BCUT2D eigenvalue weighted by molar-refractivity contribution is 5.94. The number of hydrogen-bond donors (Lipinski definition) is 0. The normalized spacial score (nSPS) is 10.8. The minimum atomic E-state index is -1.65. The molecule has 3 rings (SSSR count). The minimum Gasteiger partial charge on any atom is -0.337 e. The van der Waals surface area contributed by atoms with Crippen LogP contribution in [0.15, 0.2) is 48.7 Å². The highest BCUT2D eigenvalue weighted by Crippen LogP contribution is 2.20. The number of halogens is 3. The molecule has 24 heavy (non-hydrogen) atoms. The molecule has 1 aromatic heterocycles. The summed E-state index contributed by atoms with van der Waals surface area (Å²) >= 11 is 0. The van der Waals surface area contributed by atoms with E-state index in [-0.39, 0.29) is 6.54 Å². The zero-order valence-electron chi connectivity index (χ0n) is 12.8. The van der Waals surface area contributed by atoms with Gasteiger partial charge in [-0.15, -0.1) is 0 Å². The molecule has 0 aliphatic rings. The molecule has 0 spiro atoms. The first-order chi connectivity index (χ1) is 11.5. The zero-order chi connectivity index (χ0) is 17.3. The highest BCUT2D eigenvalue weighted by atomic mass is 19.2. The summed E-state index contributed by atoms with van der Waals surface area (Å²) in [4.78, 5) is 17.8. The first-order valence-electron chi connectivity index (χ1n) is 7.20. The van der Waals surface area contributed by atoms with Crippen LogP contribution in [0.1, 0.15) is 15.9 Å². The molecule has 1 amide bonds. The topological polar surface area (TPSA) is 33.2 Å². The predicted octanol–water partition coefficient (Wildman–Crippen LogP) is 3.92. The van der Waals surface area contributed by atoms with E-state index in [2.05, 4.69) is 4.98 Å². The first-order valence-corrected chi connectivity index (χ1v) is 7.20. The Hall–Kier alpha value is -2.89. The summed E-state index contributed by atoms with van der Waals surface area (Å²) < 4.78 is 40.1. The van der Waals surface area contributed by atoms with Crippen molar-refractivity contribution >= 4 is 16.8 Å². The number of carbonyl (C=O) groups excluding carboxylic acids is 1. The molecule has 2 aromatic carbocycles. The maximum Gasteiger partial charge on any atom is 0.256 e. The SMILES string of the molecule is CN(Cc1cccc2ncccc12)C(=O)c1ccc(F)c(F)c1F. The van der Waals surface area contributed by atoms with Crippen LogP contribution in [-0.2, 0) is 6.54 Å². The van der Waals surface area contributed by atoms with Gasteiger partial charge in [-0.1, -0.05) is 18.2 Å². The van der Waals surface area contributed by atoms with Crippen molar-refractivity contribution in [1.82, 2.24) is 9.88 Å². The van der Waals surface area contributed by atoms with Crippen molar-refractivity contribution in [3.8, 4) is 0 Å². The molecular formula is C18H13F3N2O. The van der Waals surface area contributed by atoms with Gasteiger partial charge in [-0.05, 0) is 29.8 Å². The van der Waals surface area contributed by atoms with E-state index >= 15 is 0 Å². The highest BCUT2D eigenvalue weighted by Gasteiger charge is 2.21. The van der Waals surface area contributed by atoms with E-state index in [1.807, 2.05) is 18.2 Å². The Kier molecular flexibility index (Phi) is 4.20. The van der Waals surface area contributed by atoms with E-state index in [0.29, 0.717) is 0 Å². The van der Waals surface area contributed by atoms with Crippen LogP contribution in [0.5, 0.6) is 0 Å². The van der Waals surface area contributed by atoms with Crippen LogP contribution in [0, 0.1) is 17.5 Å². The smallest absolute Gasteiger partial charge is 0.256 e. The molecule has 0 N–H and O–H groups in total. The standard InChI is InChI=1S/C18H13F3N2O/c1-23(18(24)13-7-8-14(19)17(21)16(13)20)10-11-4-2-6-15-12(11)5-3-9-22-15/h2-9H,10H2,1H3. The molecular weight excluding hydrogens is 317 g/mol. The summed E-state index contributed by atoms with van der Waals surface area (Å²) in [5, 5.41) is 0.866. The van der Waals surface area contributed by atoms with Crippen LogP contribution in [-0.4, -0.2) is 22.8 Å². The van der Waals surface area contributed by atoms with Crippen LogP contribution in [0.3, 0.4) is 0 Å². The molecule has 122 valence electrons. The van der Waals surface area contributed by atoms with Gasteiger partial charge in [0.05, 0.1) is 11.1 Å². The van der Waals surface area contributed by atoms with E-state index in [1.54, 1.807) is 18.3 Å². The summed E-state index contributed by atoms with van der Waals surface area (Å²) in [5.41, 5.74) is 1.09. The van der Waals surface area contributed by atoms with Gasteiger partial charge in [0.15, 0.2) is 17.5 Å². The predicted molar refractivity (Wildman–Crippen MR) is 83.9 cm³/mol. The van der Waals surface area contributed by atoms with Crippen LogP contribution in [0.25, 0.3) is 10.9 Å². The van der Waals surface area contributed by atoms with Gasteiger partial charge in [0.1, 0.15) is 0 Å². The van der Waals surface area contributed by atoms with E-state index in [0.717, 1.165) is 28.6 Å². The molecule has 3 aromatic rings. The van der Waals surface area contributed by atoms with Gasteiger partial charge in [-0.3, -0.25) is 9.78 Å². The van der Waals surface area contributed by atoms with Crippen molar-refractivity contribution in [1.29, 1.82) is 0 Å². The molecule has 0 atom stereocenters. The monoisotopic (exact) mass is 330 g/mol. The van der Waals surface area contributed by atoms with E-state index in [1.165, 1.54) is 11.9 Å². The Labute approximate surface area is 136 Å². The number of benzene rings is 2. The molecule has 0 radical (unpaired) electrons. The van der Waals surface area contributed by atoms with Crippen LogP contribution in [0.2, 0.25) is 0 Å². The lowest BCUT2D eigenvalue weighted by Gasteiger charge is -2.19. The summed E-state index contributed by atoms with van der Waals surface area (Å²) in [6.07, 6.45) is 1.66. The molecule has 0 aliphatic heterocycles. The molecule has 6 heteroatoms. The second-order valence-corrected chi connectivity index (χ2v) is 5.37. The minimum absolute atomic E-state index is 0.181. The second-order valence-electron chi connectivity index (χ2n) is 5.37. The lowest BCUT2D eigenvalue weighted by Crippen LogP contribution is -2.27. The van der Waals surface area contributed by atoms with E-state index in [9.17, 15) is 18.0 Å². The number of aromatic nitrogens is 1. The van der Waals surface area contributed by atoms with Gasteiger partial charge in [0.2, 0.25) is 0 Å². The Morgan fingerprint density at radius 1 is 1.04 bits per heavy atom. The van der Waals surface area contributed by atoms with Crippen molar-refractivity contribution in [3.05, 3.63) is 77.2 Å².